The van der Waals surface area contributed by atoms with Crippen LogP contribution in [0.2, 0.25) is 0 Å². The topological polar surface area (TPSA) is 79.3 Å². The molecule has 2 N–H and O–H groups in total. The van der Waals surface area contributed by atoms with Gasteiger partial charge in [0, 0.05) is 19.4 Å². The molecule has 5 nitrogen and oxygen atoms in total. The fourth-order valence-electron chi connectivity index (χ4n) is 3.25. The van der Waals surface area contributed by atoms with E-state index in [1.54, 1.807) is 11.3 Å². The molecule has 3 rings (SSSR count). The number of nitrogens with zero attached hydrogens (tertiary/aromatic N) is 1. The molecular formula is C22H24N2O3S. The first kappa shape index (κ1) is 20.0. The largest absolute Gasteiger partial charge is 0.481 e. The van der Waals surface area contributed by atoms with E-state index in [0.29, 0.717) is 13.0 Å². The van der Waals surface area contributed by atoms with Gasteiger partial charge in [-0.25, -0.2) is 4.98 Å². The highest BCUT2D eigenvalue weighted by Crippen LogP contribution is 2.32. The fraction of sp³-hybridized carbons (Fsp3) is 0.318. The van der Waals surface area contributed by atoms with E-state index in [4.69, 9.17) is 10.1 Å². The van der Waals surface area contributed by atoms with Crippen molar-refractivity contribution in [3.8, 4) is 0 Å². The number of aliphatic carboxylic acids is 1. The molecule has 0 bridgehead atoms. The van der Waals surface area contributed by atoms with Gasteiger partial charge in [-0.2, -0.15) is 0 Å². The number of aromatic nitrogens is 1. The Kier molecular flexibility index (Phi) is 6.09. The molecule has 0 radical (unpaired) electrons. The van der Waals surface area contributed by atoms with Gasteiger partial charge in [0.2, 0.25) is 5.91 Å². The van der Waals surface area contributed by atoms with Gasteiger partial charge in [-0.05, 0) is 30.5 Å². The van der Waals surface area contributed by atoms with Crippen LogP contribution in [0, 0.1) is 5.92 Å². The number of carboxylic acid groups (broad SMARTS) is 1. The quantitative estimate of drug-likeness (QED) is 0.603. The van der Waals surface area contributed by atoms with Crippen LogP contribution in [0.15, 0.2) is 54.6 Å². The molecule has 0 fully saturated rings. The lowest BCUT2D eigenvalue weighted by molar-refractivity contribution is -0.138. The summed E-state index contributed by atoms with van der Waals surface area (Å²) < 4.78 is 1.10. The van der Waals surface area contributed by atoms with Crippen LogP contribution in [0.5, 0.6) is 0 Å². The van der Waals surface area contributed by atoms with Crippen molar-refractivity contribution in [1.29, 1.82) is 0 Å². The summed E-state index contributed by atoms with van der Waals surface area (Å²) in [6.07, 6.45) is 0.510. The average molecular weight is 397 g/mol. The Morgan fingerprint density at radius 2 is 1.82 bits per heavy atom. The Morgan fingerprint density at radius 3 is 2.50 bits per heavy atom. The summed E-state index contributed by atoms with van der Waals surface area (Å²) in [4.78, 5) is 28.8. The Bertz CT molecular complexity index is 937. The highest BCUT2D eigenvalue weighted by Gasteiger charge is 2.36. The number of amides is 1. The molecule has 0 saturated carbocycles. The van der Waals surface area contributed by atoms with Gasteiger partial charge < -0.3 is 10.4 Å². The molecule has 0 aliphatic carbocycles. The van der Waals surface area contributed by atoms with Crippen LogP contribution in [0.1, 0.15) is 30.8 Å². The second-order valence-electron chi connectivity index (χ2n) is 7.36. The lowest BCUT2D eigenvalue weighted by atomic mass is 9.78. The maximum atomic E-state index is 13.2. The van der Waals surface area contributed by atoms with Crippen molar-refractivity contribution in [2.45, 2.75) is 32.1 Å². The third kappa shape index (κ3) is 4.57. The highest BCUT2D eigenvalue weighted by molar-refractivity contribution is 7.18. The molecule has 0 saturated heterocycles. The molecule has 1 aromatic heterocycles. The summed E-state index contributed by atoms with van der Waals surface area (Å²) in [5.74, 6) is -1.11. The minimum Gasteiger partial charge on any atom is -0.481 e. The van der Waals surface area contributed by atoms with E-state index in [-0.39, 0.29) is 18.2 Å². The van der Waals surface area contributed by atoms with Crippen LogP contribution in [0.4, 0.5) is 0 Å². The molecule has 2 unspecified atom stereocenters. The molecule has 0 aliphatic rings. The minimum atomic E-state index is -0.859. The molecule has 0 spiro atoms. The van der Waals surface area contributed by atoms with Crippen LogP contribution in [-0.4, -0.2) is 28.5 Å². The van der Waals surface area contributed by atoms with E-state index in [1.807, 2.05) is 68.4 Å². The number of carbonyl (C=O) groups is 2. The van der Waals surface area contributed by atoms with Crippen molar-refractivity contribution in [3.63, 3.8) is 0 Å². The summed E-state index contributed by atoms with van der Waals surface area (Å²) in [7, 11) is 0. The SMILES string of the molecule is CC(CNC(=O)C(C)(Cc1nc2ccccc2s1)c1ccccc1)CC(=O)O. The van der Waals surface area contributed by atoms with Crippen LogP contribution >= 0.6 is 11.3 Å². The van der Waals surface area contributed by atoms with Crippen molar-refractivity contribution in [2.75, 3.05) is 6.54 Å². The van der Waals surface area contributed by atoms with Crippen molar-refractivity contribution in [2.24, 2.45) is 5.92 Å². The third-order valence-electron chi connectivity index (χ3n) is 4.89. The number of hydrogen-bond donors (Lipinski definition) is 2. The van der Waals surface area contributed by atoms with Gasteiger partial charge in [0.25, 0.3) is 0 Å². The zero-order chi connectivity index (χ0) is 20.1. The van der Waals surface area contributed by atoms with Crippen molar-refractivity contribution in [1.82, 2.24) is 10.3 Å². The number of nitrogens with one attached hydrogen (secondary N) is 1. The number of benzene rings is 2. The highest BCUT2D eigenvalue weighted by atomic mass is 32.1. The Labute approximate surface area is 168 Å². The predicted molar refractivity (Wildman–Crippen MR) is 112 cm³/mol. The zero-order valence-corrected chi connectivity index (χ0v) is 16.8. The van der Waals surface area contributed by atoms with Crippen molar-refractivity contribution < 1.29 is 14.7 Å². The average Bonchev–Trinajstić information content (AvgIpc) is 3.08. The van der Waals surface area contributed by atoms with E-state index in [0.717, 1.165) is 20.8 Å². The second kappa shape index (κ2) is 8.52. The van der Waals surface area contributed by atoms with Crippen molar-refractivity contribution >= 4 is 33.4 Å². The van der Waals surface area contributed by atoms with Gasteiger partial charge in [-0.15, -0.1) is 11.3 Å². The van der Waals surface area contributed by atoms with Gasteiger partial charge in [0.05, 0.1) is 20.6 Å². The van der Waals surface area contributed by atoms with E-state index in [9.17, 15) is 9.59 Å². The Hall–Kier alpha value is -2.73. The summed E-state index contributed by atoms with van der Waals surface area (Å²) in [6.45, 7) is 4.07. The van der Waals surface area contributed by atoms with Crippen molar-refractivity contribution in [3.05, 3.63) is 65.2 Å². The van der Waals surface area contributed by atoms with Crippen LogP contribution in [-0.2, 0) is 21.4 Å². The lowest BCUT2D eigenvalue weighted by Gasteiger charge is -2.29. The van der Waals surface area contributed by atoms with Gasteiger partial charge in [0.15, 0.2) is 0 Å². The first-order chi connectivity index (χ1) is 13.4. The van der Waals surface area contributed by atoms with E-state index in [2.05, 4.69) is 5.32 Å². The normalized spacial score (nSPS) is 14.4. The van der Waals surface area contributed by atoms with Gasteiger partial charge >= 0.3 is 5.97 Å². The number of rotatable bonds is 8. The van der Waals surface area contributed by atoms with Crippen LogP contribution in [0.3, 0.4) is 0 Å². The third-order valence-corrected chi connectivity index (χ3v) is 5.93. The number of carbonyl (C=O) groups excluding carboxylic acids is 1. The number of carboxylic acids is 1. The monoisotopic (exact) mass is 396 g/mol. The summed E-state index contributed by atoms with van der Waals surface area (Å²) >= 11 is 1.60. The van der Waals surface area contributed by atoms with E-state index >= 15 is 0 Å². The van der Waals surface area contributed by atoms with Crippen LogP contribution in [0.25, 0.3) is 10.2 Å². The molecule has 1 heterocycles. The Balaban J connectivity index is 1.85. The molecule has 146 valence electrons. The smallest absolute Gasteiger partial charge is 0.303 e. The molecule has 2 atom stereocenters. The summed E-state index contributed by atoms with van der Waals surface area (Å²) in [5, 5.41) is 12.8. The number of hydrogen-bond acceptors (Lipinski definition) is 4. The van der Waals surface area contributed by atoms with E-state index < -0.39 is 11.4 Å². The first-order valence-corrected chi connectivity index (χ1v) is 10.1. The van der Waals surface area contributed by atoms with Gasteiger partial charge in [0.1, 0.15) is 0 Å². The van der Waals surface area contributed by atoms with Gasteiger partial charge in [-0.1, -0.05) is 49.4 Å². The standard InChI is InChI=1S/C22H24N2O3S/c1-15(12-20(25)26)14-23-21(27)22(2,16-8-4-3-5-9-16)13-19-24-17-10-6-7-11-18(17)28-19/h3-11,15H,12-14H2,1-2H3,(H,23,27)(H,25,26). The molecule has 3 aromatic rings. The van der Waals surface area contributed by atoms with E-state index in [1.165, 1.54) is 0 Å². The minimum absolute atomic E-state index is 0.0280. The molecule has 0 aliphatic heterocycles. The van der Waals surface area contributed by atoms with Crippen LogP contribution < -0.4 is 5.32 Å². The Morgan fingerprint density at radius 1 is 1.14 bits per heavy atom. The summed E-state index contributed by atoms with van der Waals surface area (Å²) in [6, 6.07) is 17.6. The number of thiazole rings is 1. The molecule has 1 amide bonds. The molecule has 2 aromatic carbocycles. The maximum Gasteiger partial charge on any atom is 0.303 e. The molecule has 6 heteroatoms. The summed E-state index contributed by atoms with van der Waals surface area (Å²) in [5.41, 5.74) is 1.06. The molecule has 28 heavy (non-hydrogen) atoms. The second-order valence-corrected chi connectivity index (χ2v) is 8.48. The zero-order valence-electron chi connectivity index (χ0n) is 16.0. The predicted octanol–water partition coefficient (Wildman–Crippen LogP) is 4.02. The number of fused-ring (bicyclic) bond motifs is 1. The first-order valence-electron chi connectivity index (χ1n) is 9.28. The molecular weight excluding hydrogens is 372 g/mol. The lowest BCUT2D eigenvalue weighted by Crippen LogP contribution is -2.45. The fourth-order valence-corrected chi connectivity index (χ4v) is 4.37. The number of para-hydroxylation sites is 1. The maximum absolute atomic E-state index is 13.2. The van der Waals surface area contributed by atoms with Gasteiger partial charge in [-0.3, -0.25) is 9.59 Å².